The first kappa shape index (κ1) is 17.5. The number of carbonyl (C=O) groups excluding carboxylic acids is 1. The summed E-state index contributed by atoms with van der Waals surface area (Å²) in [5, 5.41) is 2.82. The molecule has 1 aromatic heterocycles. The minimum Gasteiger partial charge on any atom is -0.370 e. The van der Waals surface area contributed by atoms with E-state index < -0.39 is 0 Å². The molecule has 2 aromatic rings. The monoisotopic (exact) mass is 343 g/mol. The summed E-state index contributed by atoms with van der Waals surface area (Å²) in [6, 6.07) is 6.51. The summed E-state index contributed by atoms with van der Waals surface area (Å²) in [6.45, 7) is 1.12. The van der Waals surface area contributed by atoms with Gasteiger partial charge in [0.2, 0.25) is 5.91 Å². The second-order valence-electron chi connectivity index (χ2n) is 6.17. The van der Waals surface area contributed by atoms with E-state index in [1.165, 1.54) is 6.07 Å². The number of aromatic nitrogens is 2. The van der Waals surface area contributed by atoms with Gasteiger partial charge >= 0.3 is 0 Å². The lowest BCUT2D eigenvalue weighted by Gasteiger charge is -2.21. The molecule has 132 valence electrons. The van der Waals surface area contributed by atoms with Gasteiger partial charge in [-0.3, -0.25) is 4.79 Å². The highest BCUT2D eigenvalue weighted by Crippen LogP contribution is 2.24. The van der Waals surface area contributed by atoms with Crippen molar-refractivity contribution < 1.29 is 13.9 Å². The van der Waals surface area contributed by atoms with E-state index in [0.717, 1.165) is 31.4 Å². The van der Waals surface area contributed by atoms with Crippen LogP contribution in [0.2, 0.25) is 0 Å². The number of nitrogens with one attached hydrogen (secondary N) is 1. The molecule has 3 rings (SSSR count). The molecule has 25 heavy (non-hydrogen) atoms. The Bertz CT molecular complexity index is 700. The van der Waals surface area contributed by atoms with Crippen molar-refractivity contribution in [2.75, 3.05) is 6.61 Å². The number of hydrogen-bond acceptors (Lipinski definition) is 4. The minimum atomic E-state index is -0.274. The molecule has 1 aliphatic heterocycles. The quantitative estimate of drug-likeness (QED) is 0.875. The van der Waals surface area contributed by atoms with E-state index >= 15 is 0 Å². The fourth-order valence-corrected chi connectivity index (χ4v) is 2.81. The molecule has 1 aromatic carbocycles. The van der Waals surface area contributed by atoms with E-state index in [1.807, 2.05) is 0 Å². The van der Waals surface area contributed by atoms with Gasteiger partial charge in [-0.1, -0.05) is 18.2 Å². The number of carbonyl (C=O) groups is 1. The average molecular weight is 343 g/mol. The third kappa shape index (κ3) is 5.06. The van der Waals surface area contributed by atoms with Gasteiger partial charge in [-0.05, 0) is 37.3 Å². The molecule has 5 nitrogen and oxygen atoms in total. The Morgan fingerprint density at radius 1 is 1.24 bits per heavy atom. The number of amides is 1. The van der Waals surface area contributed by atoms with Gasteiger partial charge in [-0.25, -0.2) is 14.4 Å². The van der Waals surface area contributed by atoms with Crippen LogP contribution in [0.3, 0.4) is 0 Å². The molecule has 6 heteroatoms. The van der Waals surface area contributed by atoms with E-state index in [9.17, 15) is 9.18 Å². The lowest BCUT2D eigenvalue weighted by molar-refractivity contribution is -0.121. The first-order valence-electron chi connectivity index (χ1n) is 8.65. The molecule has 0 aliphatic carbocycles. The Kier molecular flexibility index (Phi) is 6.06. The maximum absolute atomic E-state index is 13.5. The summed E-state index contributed by atoms with van der Waals surface area (Å²) in [5.41, 5.74) is 1.39. The largest absolute Gasteiger partial charge is 0.370 e. The smallest absolute Gasteiger partial charge is 0.220 e. The lowest BCUT2D eigenvalue weighted by atomic mass is 10.1. The predicted molar refractivity (Wildman–Crippen MR) is 91.1 cm³/mol. The summed E-state index contributed by atoms with van der Waals surface area (Å²) in [6.07, 6.45) is 7.23. The number of hydrogen-bond donors (Lipinski definition) is 1. The van der Waals surface area contributed by atoms with Gasteiger partial charge in [0.15, 0.2) is 5.82 Å². The van der Waals surface area contributed by atoms with Crippen molar-refractivity contribution in [1.82, 2.24) is 15.3 Å². The number of ether oxygens (including phenoxy) is 1. The van der Waals surface area contributed by atoms with Crippen LogP contribution in [-0.2, 0) is 22.5 Å². The molecule has 1 atom stereocenters. The highest BCUT2D eigenvalue weighted by molar-refractivity contribution is 5.76. The van der Waals surface area contributed by atoms with Crippen LogP contribution in [0.25, 0.3) is 0 Å². The summed E-state index contributed by atoms with van der Waals surface area (Å²) >= 11 is 0. The van der Waals surface area contributed by atoms with E-state index in [4.69, 9.17) is 4.74 Å². The molecule has 0 unspecified atom stereocenters. The highest BCUT2D eigenvalue weighted by atomic mass is 19.1. The first-order chi connectivity index (χ1) is 12.2. The highest BCUT2D eigenvalue weighted by Gasteiger charge is 2.18. The van der Waals surface area contributed by atoms with Gasteiger partial charge in [-0.15, -0.1) is 0 Å². The summed E-state index contributed by atoms with van der Waals surface area (Å²) in [5.74, 6) is 0.307. The predicted octanol–water partition coefficient (Wildman–Crippen LogP) is 3.11. The number of benzene rings is 1. The van der Waals surface area contributed by atoms with Gasteiger partial charge in [0, 0.05) is 37.5 Å². The zero-order valence-electron chi connectivity index (χ0n) is 14.1. The number of rotatable bonds is 6. The Balaban J connectivity index is 1.44. The zero-order chi connectivity index (χ0) is 17.5. The Morgan fingerprint density at radius 3 is 2.76 bits per heavy atom. The number of halogens is 1. The number of aryl methyl sites for hydroxylation is 1. The van der Waals surface area contributed by atoms with Crippen LogP contribution in [0.1, 0.15) is 48.7 Å². The molecule has 2 heterocycles. The lowest BCUT2D eigenvalue weighted by Crippen LogP contribution is -2.23. The maximum atomic E-state index is 13.5. The molecule has 0 bridgehead atoms. The van der Waals surface area contributed by atoms with Crippen LogP contribution >= 0.6 is 0 Å². The van der Waals surface area contributed by atoms with Gasteiger partial charge in [0.25, 0.3) is 0 Å². The fourth-order valence-electron chi connectivity index (χ4n) is 2.81. The van der Waals surface area contributed by atoms with Crippen LogP contribution in [0.5, 0.6) is 0 Å². The molecule has 0 radical (unpaired) electrons. The van der Waals surface area contributed by atoms with Crippen molar-refractivity contribution in [2.24, 2.45) is 0 Å². The van der Waals surface area contributed by atoms with Crippen molar-refractivity contribution >= 4 is 5.91 Å². The Morgan fingerprint density at radius 2 is 2.04 bits per heavy atom. The van der Waals surface area contributed by atoms with Crippen molar-refractivity contribution in [3.05, 3.63) is 59.4 Å². The molecule has 0 spiro atoms. The molecule has 1 N–H and O–H groups in total. The molecule has 0 saturated carbocycles. The van der Waals surface area contributed by atoms with Crippen LogP contribution in [0.4, 0.5) is 4.39 Å². The van der Waals surface area contributed by atoms with Crippen LogP contribution in [0, 0.1) is 5.82 Å². The summed E-state index contributed by atoms with van der Waals surface area (Å²) < 4.78 is 19.2. The van der Waals surface area contributed by atoms with Crippen molar-refractivity contribution in [2.45, 2.75) is 44.8 Å². The number of nitrogens with zero attached hydrogens (tertiary/aromatic N) is 2. The fraction of sp³-hybridized carbons (Fsp3) is 0.421. The molecular weight excluding hydrogens is 321 g/mol. The standard InChI is InChI=1S/C19H22FN3O2/c20-16-6-2-1-5-15(16)8-9-18(24)21-11-14-12-22-19(23-13-14)17-7-3-4-10-25-17/h1-2,5-6,12-13,17H,3-4,7-11H2,(H,21,24)/t17-/m0/s1. The van der Waals surface area contributed by atoms with E-state index in [0.29, 0.717) is 24.4 Å². The summed E-state index contributed by atoms with van der Waals surface area (Å²) in [4.78, 5) is 20.6. The van der Waals surface area contributed by atoms with Crippen molar-refractivity contribution in [3.63, 3.8) is 0 Å². The van der Waals surface area contributed by atoms with Crippen LogP contribution < -0.4 is 5.32 Å². The maximum Gasteiger partial charge on any atom is 0.220 e. The van der Waals surface area contributed by atoms with Crippen LogP contribution in [0.15, 0.2) is 36.7 Å². The van der Waals surface area contributed by atoms with Gasteiger partial charge < -0.3 is 10.1 Å². The van der Waals surface area contributed by atoms with E-state index in [2.05, 4.69) is 15.3 Å². The molecule has 1 saturated heterocycles. The van der Waals surface area contributed by atoms with E-state index in [1.54, 1.807) is 30.6 Å². The van der Waals surface area contributed by atoms with Crippen LogP contribution in [-0.4, -0.2) is 22.5 Å². The van der Waals surface area contributed by atoms with Crippen molar-refractivity contribution in [3.8, 4) is 0 Å². The first-order valence-corrected chi connectivity index (χ1v) is 8.65. The second kappa shape index (κ2) is 8.67. The average Bonchev–Trinajstić information content (AvgIpc) is 2.67. The normalized spacial score (nSPS) is 17.2. The Labute approximate surface area is 146 Å². The molecule has 1 fully saturated rings. The molecular formula is C19H22FN3O2. The minimum absolute atomic E-state index is 0.0156. The van der Waals surface area contributed by atoms with Gasteiger partial charge in [-0.2, -0.15) is 0 Å². The van der Waals surface area contributed by atoms with Gasteiger partial charge in [0.1, 0.15) is 11.9 Å². The van der Waals surface area contributed by atoms with Crippen molar-refractivity contribution in [1.29, 1.82) is 0 Å². The third-order valence-electron chi connectivity index (χ3n) is 4.26. The topological polar surface area (TPSA) is 64.1 Å². The Hall–Kier alpha value is -2.34. The third-order valence-corrected chi connectivity index (χ3v) is 4.26. The zero-order valence-corrected chi connectivity index (χ0v) is 14.1. The van der Waals surface area contributed by atoms with E-state index in [-0.39, 0.29) is 24.2 Å². The molecule has 1 aliphatic rings. The van der Waals surface area contributed by atoms with Gasteiger partial charge in [0.05, 0.1) is 0 Å². The molecule has 1 amide bonds. The summed E-state index contributed by atoms with van der Waals surface area (Å²) in [7, 11) is 0. The SMILES string of the molecule is O=C(CCc1ccccc1F)NCc1cnc([C@@H]2CCCCO2)nc1. The second-order valence-corrected chi connectivity index (χ2v) is 6.17.